The van der Waals surface area contributed by atoms with Gasteiger partial charge in [-0.3, -0.25) is 4.90 Å². The fourth-order valence-electron chi connectivity index (χ4n) is 2.26. The van der Waals surface area contributed by atoms with Crippen molar-refractivity contribution in [2.24, 2.45) is 0 Å². The van der Waals surface area contributed by atoms with Crippen LogP contribution in [0.5, 0.6) is 5.75 Å². The number of benzene rings is 1. The second kappa shape index (κ2) is 9.05. The number of hydrogen-bond donors (Lipinski definition) is 2. The number of rotatable bonds is 3. The minimum Gasteiger partial charge on any atom is -0.505 e. The Kier molecular flexibility index (Phi) is 8.96. The average Bonchev–Trinajstić information content (AvgIpc) is 2.36. The summed E-state index contributed by atoms with van der Waals surface area (Å²) in [6.07, 6.45) is -2.70. The molecule has 0 unspecified atom stereocenters. The molecule has 2 rings (SSSR count). The van der Waals surface area contributed by atoms with Gasteiger partial charge in [-0.05, 0) is 12.1 Å². The zero-order valence-electron chi connectivity index (χ0n) is 10.9. The lowest BCUT2D eigenvalue weighted by Gasteiger charge is -2.35. The van der Waals surface area contributed by atoms with E-state index in [0.29, 0.717) is 30.7 Å². The molecule has 0 radical (unpaired) electrons. The zero-order valence-corrected chi connectivity index (χ0v) is 14.1. The van der Waals surface area contributed by atoms with Gasteiger partial charge in [0.1, 0.15) is 6.04 Å². The quantitative estimate of drug-likeness (QED) is 0.800. The van der Waals surface area contributed by atoms with E-state index in [1.54, 1.807) is 4.90 Å². The molecular formula is C12H16BrCl2F3N2O. The van der Waals surface area contributed by atoms with Crippen molar-refractivity contribution in [3.63, 3.8) is 0 Å². The molecule has 1 aliphatic rings. The van der Waals surface area contributed by atoms with Gasteiger partial charge in [0, 0.05) is 36.2 Å². The molecule has 1 fully saturated rings. The Hall–Kier alpha value is -0.210. The number of aromatic hydroxyl groups is 1. The summed E-state index contributed by atoms with van der Waals surface area (Å²) >= 11 is 3.06. The van der Waals surface area contributed by atoms with Gasteiger partial charge in [0.2, 0.25) is 0 Å². The van der Waals surface area contributed by atoms with E-state index in [-0.39, 0.29) is 30.4 Å². The Labute approximate surface area is 141 Å². The van der Waals surface area contributed by atoms with Crippen molar-refractivity contribution in [2.45, 2.75) is 12.5 Å². The molecule has 0 aliphatic carbocycles. The van der Waals surface area contributed by atoms with Crippen molar-refractivity contribution >= 4 is 40.7 Å². The smallest absolute Gasteiger partial charge is 0.258 e. The molecule has 1 aromatic rings. The van der Waals surface area contributed by atoms with Gasteiger partial charge in [-0.2, -0.15) is 0 Å². The third-order valence-electron chi connectivity index (χ3n) is 3.16. The molecular weight excluding hydrogens is 396 g/mol. The van der Waals surface area contributed by atoms with E-state index in [2.05, 4.69) is 21.2 Å². The van der Waals surface area contributed by atoms with Crippen LogP contribution in [0, 0.1) is 5.82 Å². The van der Waals surface area contributed by atoms with Crippen molar-refractivity contribution in [3.05, 3.63) is 28.0 Å². The molecule has 21 heavy (non-hydrogen) atoms. The molecule has 1 aromatic carbocycles. The lowest BCUT2D eigenvalue weighted by atomic mass is 10.0. The summed E-state index contributed by atoms with van der Waals surface area (Å²) < 4.78 is 40.4. The molecule has 1 aliphatic heterocycles. The van der Waals surface area contributed by atoms with E-state index in [1.807, 2.05) is 0 Å². The SMILES string of the molecule is Cl.Cl.Oc1c(F)cc(Br)cc1[C@H](C(F)F)N1CCNCC1. The van der Waals surface area contributed by atoms with Crippen LogP contribution in [-0.4, -0.2) is 42.6 Å². The predicted octanol–water partition coefficient (Wildman–Crippen LogP) is 3.35. The fourth-order valence-corrected chi connectivity index (χ4v) is 2.71. The summed E-state index contributed by atoms with van der Waals surface area (Å²) in [5.74, 6) is -1.60. The summed E-state index contributed by atoms with van der Waals surface area (Å²) in [4.78, 5) is 1.56. The van der Waals surface area contributed by atoms with E-state index in [1.165, 1.54) is 6.07 Å². The largest absolute Gasteiger partial charge is 0.505 e. The van der Waals surface area contributed by atoms with Gasteiger partial charge >= 0.3 is 0 Å². The van der Waals surface area contributed by atoms with Crippen LogP contribution < -0.4 is 5.32 Å². The van der Waals surface area contributed by atoms with Crippen LogP contribution in [0.15, 0.2) is 16.6 Å². The standard InChI is InChI=1S/C12H14BrF3N2O.2ClH/c13-7-5-8(11(19)9(14)6-7)10(12(15)16)18-3-1-17-2-4-18;;/h5-6,10,12,17,19H,1-4H2;2*1H/t10-;;/m1../s1. The number of phenols is 1. The van der Waals surface area contributed by atoms with Crippen LogP contribution in [0.2, 0.25) is 0 Å². The zero-order chi connectivity index (χ0) is 14.0. The lowest BCUT2D eigenvalue weighted by molar-refractivity contribution is 0.0167. The van der Waals surface area contributed by atoms with Gasteiger partial charge in [-0.15, -0.1) is 24.8 Å². The Morgan fingerprint density at radius 1 is 1.19 bits per heavy atom. The fraction of sp³-hybridized carbons (Fsp3) is 0.500. The second-order valence-corrected chi connectivity index (χ2v) is 5.31. The van der Waals surface area contributed by atoms with Gasteiger partial charge in [0.15, 0.2) is 11.6 Å². The number of piperazine rings is 1. The molecule has 0 amide bonds. The van der Waals surface area contributed by atoms with Crippen LogP contribution >= 0.6 is 40.7 Å². The molecule has 9 heteroatoms. The van der Waals surface area contributed by atoms with Crippen molar-refractivity contribution in [1.82, 2.24) is 10.2 Å². The van der Waals surface area contributed by atoms with Gasteiger partial charge in [0.05, 0.1) is 0 Å². The minimum absolute atomic E-state index is 0. The summed E-state index contributed by atoms with van der Waals surface area (Å²) in [7, 11) is 0. The Balaban J connectivity index is 0.00000200. The number of hydrogen-bond acceptors (Lipinski definition) is 3. The molecule has 122 valence electrons. The molecule has 2 N–H and O–H groups in total. The monoisotopic (exact) mass is 410 g/mol. The predicted molar refractivity (Wildman–Crippen MR) is 83.4 cm³/mol. The van der Waals surface area contributed by atoms with Crippen LogP contribution in [0.4, 0.5) is 13.2 Å². The first-order valence-corrected chi connectivity index (χ1v) is 6.71. The van der Waals surface area contributed by atoms with Crippen molar-refractivity contribution in [1.29, 1.82) is 0 Å². The van der Waals surface area contributed by atoms with Gasteiger partial charge in [-0.25, -0.2) is 13.2 Å². The summed E-state index contributed by atoms with van der Waals surface area (Å²) in [6, 6.07) is 1.10. The maximum absolute atomic E-state index is 13.5. The van der Waals surface area contributed by atoms with Crippen molar-refractivity contribution < 1.29 is 18.3 Å². The highest BCUT2D eigenvalue weighted by Gasteiger charge is 2.33. The summed E-state index contributed by atoms with van der Waals surface area (Å²) in [6.45, 7) is 2.06. The lowest BCUT2D eigenvalue weighted by Crippen LogP contribution is -2.46. The highest BCUT2D eigenvalue weighted by molar-refractivity contribution is 9.10. The Bertz CT molecular complexity index is 462. The normalized spacial score (nSPS) is 17.0. The summed E-state index contributed by atoms with van der Waals surface area (Å²) in [5, 5.41) is 12.8. The first kappa shape index (κ1) is 20.8. The van der Waals surface area contributed by atoms with Crippen LogP contribution in [0.1, 0.15) is 11.6 Å². The molecule has 0 spiro atoms. The highest BCUT2D eigenvalue weighted by atomic mass is 79.9. The van der Waals surface area contributed by atoms with Gasteiger partial charge < -0.3 is 10.4 Å². The van der Waals surface area contributed by atoms with Crippen LogP contribution in [-0.2, 0) is 0 Å². The molecule has 1 atom stereocenters. The molecule has 3 nitrogen and oxygen atoms in total. The topological polar surface area (TPSA) is 35.5 Å². The Morgan fingerprint density at radius 3 is 2.29 bits per heavy atom. The number of phenolic OH excluding ortho intramolecular Hbond substituents is 1. The first-order chi connectivity index (χ1) is 9.00. The van der Waals surface area contributed by atoms with Gasteiger partial charge in [-0.1, -0.05) is 15.9 Å². The van der Waals surface area contributed by atoms with E-state index in [4.69, 9.17) is 0 Å². The molecule has 1 heterocycles. The number of nitrogens with one attached hydrogen (secondary N) is 1. The Morgan fingerprint density at radius 2 is 1.76 bits per heavy atom. The van der Waals surface area contributed by atoms with Gasteiger partial charge in [0.25, 0.3) is 6.43 Å². The van der Waals surface area contributed by atoms with Crippen molar-refractivity contribution in [2.75, 3.05) is 26.2 Å². The number of nitrogens with zero attached hydrogens (tertiary/aromatic N) is 1. The van der Waals surface area contributed by atoms with E-state index >= 15 is 0 Å². The highest BCUT2D eigenvalue weighted by Crippen LogP contribution is 2.37. The molecule has 1 saturated heterocycles. The number of alkyl halides is 2. The molecule has 0 saturated carbocycles. The molecule has 0 aromatic heterocycles. The third-order valence-corrected chi connectivity index (χ3v) is 3.62. The summed E-state index contributed by atoms with van der Waals surface area (Å²) in [5.41, 5.74) is -0.0798. The van der Waals surface area contributed by atoms with E-state index in [9.17, 15) is 18.3 Å². The molecule has 0 bridgehead atoms. The average molecular weight is 412 g/mol. The first-order valence-electron chi connectivity index (χ1n) is 5.91. The maximum Gasteiger partial charge on any atom is 0.258 e. The third kappa shape index (κ3) is 4.89. The van der Waals surface area contributed by atoms with Crippen LogP contribution in [0.3, 0.4) is 0 Å². The van der Waals surface area contributed by atoms with Crippen molar-refractivity contribution in [3.8, 4) is 5.75 Å². The van der Waals surface area contributed by atoms with Crippen LogP contribution in [0.25, 0.3) is 0 Å². The number of halogens is 6. The second-order valence-electron chi connectivity index (χ2n) is 4.39. The van der Waals surface area contributed by atoms with E-state index in [0.717, 1.165) is 6.07 Å². The van der Waals surface area contributed by atoms with E-state index < -0.39 is 24.0 Å². The maximum atomic E-state index is 13.5. The minimum atomic E-state index is -2.70.